The zero-order valence-corrected chi connectivity index (χ0v) is 12.9. The Morgan fingerprint density at radius 3 is 2.23 bits per heavy atom. The molecular weight excluding hydrogens is 279 g/mol. The van der Waals surface area contributed by atoms with Gasteiger partial charge in [-0.25, -0.2) is 4.39 Å². The summed E-state index contributed by atoms with van der Waals surface area (Å²) in [5.74, 6) is 0.729. The molecule has 0 atom stereocenters. The fourth-order valence-corrected chi connectivity index (χ4v) is 2.94. The Morgan fingerprint density at radius 1 is 1.00 bits per heavy atom. The van der Waals surface area contributed by atoms with Crippen molar-refractivity contribution in [3.63, 3.8) is 0 Å². The largest absolute Gasteiger partial charge is 0.497 e. The Bertz CT molecular complexity index is 589. The number of rotatable bonds is 4. The molecule has 0 amide bonds. The highest BCUT2D eigenvalue weighted by Crippen LogP contribution is 2.15. The Balaban J connectivity index is 1.53. The van der Waals surface area contributed by atoms with Gasteiger partial charge >= 0.3 is 0 Å². The van der Waals surface area contributed by atoms with Crippen LogP contribution in [0.5, 0.6) is 5.75 Å². The lowest BCUT2D eigenvalue weighted by atomic mass is 10.2. The van der Waals surface area contributed by atoms with Crippen LogP contribution in [0.25, 0.3) is 0 Å². The van der Waals surface area contributed by atoms with E-state index in [0.29, 0.717) is 0 Å². The average molecular weight is 301 g/mol. The van der Waals surface area contributed by atoms with Crippen molar-refractivity contribution in [1.29, 1.82) is 0 Å². The maximum absolute atomic E-state index is 13.0. The van der Waals surface area contributed by atoms with Crippen LogP contribution in [-0.2, 0) is 6.54 Å². The van der Waals surface area contributed by atoms with Crippen LogP contribution in [0.15, 0.2) is 48.5 Å². The number of nitrogens with one attached hydrogen (secondary N) is 1. The normalized spacial score (nSPS) is 15.8. The standard InChI is InChI=1S/C18H21FN2O/c1-22-18-8-2-15(3-9-18)14-20-10-12-21(13-11-20)17-6-4-16(19)5-7-17/h2-9H,10-14H2,1H3/p+1. The second-order valence-corrected chi connectivity index (χ2v) is 5.74. The van der Waals surface area contributed by atoms with Gasteiger partial charge in [0.15, 0.2) is 0 Å². The molecule has 2 aromatic carbocycles. The molecule has 0 radical (unpaired) electrons. The predicted octanol–water partition coefficient (Wildman–Crippen LogP) is 1.74. The molecule has 1 aliphatic rings. The molecule has 22 heavy (non-hydrogen) atoms. The monoisotopic (exact) mass is 301 g/mol. The van der Waals surface area contributed by atoms with Gasteiger partial charge in [-0.15, -0.1) is 0 Å². The fourth-order valence-electron chi connectivity index (χ4n) is 2.94. The van der Waals surface area contributed by atoms with E-state index in [4.69, 9.17) is 4.74 Å². The van der Waals surface area contributed by atoms with Crippen molar-refractivity contribution >= 4 is 5.69 Å². The summed E-state index contributed by atoms with van der Waals surface area (Å²) in [6.45, 7) is 5.27. The number of methoxy groups -OCH3 is 1. The van der Waals surface area contributed by atoms with Crippen molar-refractivity contribution in [3.8, 4) is 5.75 Å². The van der Waals surface area contributed by atoms with Gasteiger partial charge < -0.3 is 14.5 Å². The first-order chi connectivity index (χ1) is 10.7. The lowest BCUT2D eigenvalue weighted by Gasteiger charge is -2.33. The molecule has 0 spiro atoms. The summed E-state index contributed by atoms with van der Waals surface area (Å²) in [5.41, 5.74) is 2.45. The Morgan fingerprint density at radius 2 is 1.64 bits per heavy atom. The van der Waals surface area contributed by atoms with Crippen molar-refractivity contribution in [2.75, 3.05) is 38.2 Å². The van der Waals surface area contributed by atoms with Crippen LogP contribution in [0.1, 0.15) is 5.56 Å². The smallest absolute Gasteiger partial charge is 0.123 e. The number of hydrogen-bond donors (Lipinski definition) is 1. The molecule has 1 heterocycles. The van der Waals surface area contributed by atoms with E-state index < -0.39 is 0 Å². The average Bonchev–Trinajstić information content (AvgIpc) is 2.57. The van der Waals surface area contributed by atoms with Crippen LogP contribution in [0.2, 0.25) is 0 Å². The molecule has 0 aliphatic carbocycles. The first kappa shape index (κ1) is 14.9. The molecule has 0 unspecified atom stereocenters. The van der Waals surface area contributed by atoms with E-state index >= 15 is 0 Å². The second kappa shape index (κ2) is 6.79. The van der Waals surface area contributed by atoms with Crippen LogP contribution < -0.4 is 14.5 Å². The Labute approximate surface area is 130 Å². The van der Waals surface area contributed by atoms with Crippen LogP contribution in [0.3, 0.4) is 0 Å². The van der Waals surface area contributed by atoms with Crippen LogP contribution in [0.4, 0.5) is 10.1 Å². The first-order valence-electron chi connectivity index (χ1n) is 7.71. The summed E-state index contributed by atoms with van der Waals surface area (Å²) >= 11 is 0. The van der Waals surface area contributed by atoms with Crippen LogP contribution >= 0.6 is 0 Å². The van der Waals surface area contributed by atoms with Crippen molar-refractivity contribution in [2.24, 2.45) is 0 Å². The molecule has 3 rings (SSSR count). The highest BCUT2D eigenvalue weighted by Gasteiger charge is 2.20. The maximum atomic E-state index is 13.0. The van der Waals surface area contributed by atoms with Crippen LogP contribution in [-0.4, -0.2) is 33.3 Å². The van der Waals surface area contributed by atoms with Gasteiger partial charge in [0.2, 0.25) is 0 Å². The molecule has 2 aromatic rings. The summed E-state index contributed by atoms with van der Waals surface area (Å²) in [5, 5.41) is 0. The van der Waals surface area contributed by atoms with E-state index in [1.54, 1.807) is 12.0 Å². The topological polar surface area (TPSA) is 16.9 Å². The molecule has 116 valence electrons. The fraction of sp³-hybridized carbons (Fsp3) is 0.333. The van der Waals surface area contributed by atoms with E-state index in [1.165, 1.54) is 17.7 Å². The number of hydrogen-bond acceptors (Lipinski definition) is 2. The second-order valence-electron chi connectivity index (χ2n) is 5.74. The van der Waals surface area contributed by atoms with Crippen molar-refractivity contribution in [1.82, 2.24) is 0 Å². The summed E-state index contributed by atoms with van der Waals surface area (Å²) < 4.78 is 18.2. The van der Waals surface area contributed by atoms with Gasteiger partial charge in [0, 0.05) is 11.3 Å². The highest BCUT2D eigenvalue weighted by atomic mass is 19.1. The summed E-state index contributed by atoms with van der Waals surface area (Å²) in [6, 6.07) is 15.1. The van der Waals surface area contributed by atoms with Crippen molar-refractivity contribution in [3.05, 3.63) is 59.9 Å². The molecule has 0 saturated carbocycles. The van der Waals surface area contributed by atoms with Gasteiger partial charge in [0.05, 0.1) is 33.3 Å². The molecule has 1 saturated heterocycles. The Kier molecular flexibility index (Phi) is 4.59. The number of benzene rings is 2. The van der Waals surface area contributed by atoms with Gasteiger partial charge in [-0.3, -0.25) is 0 Å². The van der Waals surface area contributed by atoms with Gasteiger partial charge in [-0.1, -0.05) is 0 Å². The quantitative estimate of drug-likeness (QED) is 0.926. The third-order valence-electron chi connectivity index (χ3n) is 4.28. The molecule has 1 N–H and O–H groups in total. The van der Waals surface area contributed by atoms with Gasteiger partial charge in [0.25, 0.3) is 0 Å². The number of piperazine rings is 1. The molecular formula is C18H22FN2O+. The van der Waals surface area contributed by atoms with E-state index in [0.717, 1.165) is 44.2 Å². The minimum Gasteiger partial charge on any atom is -0.497 e. The summed E-state index contributed by atoms with van der Waals surface area (Å²) in [4.78, 5) is 3.92. The van der Waals surface area contributed by atoms with Gasteiger partial charge in [-0.2, -0.15) is 0 Å². The first-order valence-corrected chi connectivity index (χ1v) is 7.71. The zero-order valence-electron chi connectivity index (χ0n) is 12.9. The van der Waals surface area contributed by atoms with Gasteiger partial charge in [-0.05, 0) is 48.5 Å². The minimum atomic E-state index is -0.174. The number of anilines is 1. The number of nitrogens with zero attached hydrogens (tertiary/aromatic N) is 1. The molecule has 3 nitrogen and oxygen atoms in total. The lowest BCUT2D eigenvalue weighted by Crippen LogP contribution is -3.13. The van der Waals surface area contributed by atoms with Gasteiger partial charge in [0.1, 0.15) is 18.1 Å². The minimum absolute atomic E-state index is 0.174. The summed E-state index contributed by atoms with van der Waals surface area (Å²) in [6.07, 6.45) is 0. The van der Waals surface area contributed by atoms with Crippen molar-refractivity contribution < 1.29 is 14.0 Å². The SMILES string of the molecule is COc1ccc(C[NH+]2CCN(c3ccc(F)cc3)CC2)cc1. The summed E-state index contributed by atoms with van der Waals surface area (Å²) in [7, 11) is 1.69. The molecule has 0 bridgehead atoms. The predicted molar refractivity (Wildman–Crippen MR) is 86.0 cm³/mol. The lowest BCUT2D eigenvalue weighted by molar-refractivity contribution is -0.914. The van der Waals surface area contributed by atoms with E-state index in [9.17, 15) is 4.39 Å². The maximum Gasteiger partial charge on any atom is 0.123 e. The molecule has 1 aliphatic heterocycles. The zero-order chi connectivity index (χ0) is 15.4. The van der Waals surface area contributed by atoms with Crippen molar-refractivity contribution in [2.45, 2.75) is 6.54 Å². The molecule has 1 fully saturated rings. The number of halogens is 1. The third-order valence-corrected chi connectivity index (χ3v) is 4.28. The van der Waals surface area contributed by atoms with E-state index in [-0.39, 0.29) is 5.82 Å². The Hall–Kier alpha value is -2.07. The van der Waals surface area contributed by atoms with E-state index in [1.807, 2.05) is 24.3 Å². The highest BCUT2D eigenvalue weighted by molar-refractivity contribution is 5.46. The van der Waals surface area contributed by atoms with Crippen LogP contribution in [0, 0.1) is 5.82 Å². The third kappa shape index (κ3) is 3.57. The van der Waals surface area contributed by atoms with E-state index in [2.05, 4.69) is 17.0 Å². The number of quaternary nitrogens is 1. The molecule has 4 heteroatoms. The number of ether oxygens (including phenoxy) is 1. The molecule has 0 aromatic heterocycles.